The van der Waals surface area contributed by atoms with Gasteiger partial charge in [-0.15, -0.1) is 9.77 Å². The summed E-state index contributed by atoms with van der Waals surface area (Å²) in [7, 11) is 0. The van der Waals surface area contributed by atoms with E-state index in [2.05, 4.69) is 10.2 Å². The highest BCUT2D eigenvalue weighted by Crippen LogP contribution is 2.20. The monoisotopic (exact) mass is 327 g/mol. The first kappa shape index (κ1) is 15.1. The first-order chi connectivity index (χ1) is 11.1. The summed E-state index contributed by atoms with van der Waals surface area (Å²) < 4.78 is 1.52. The summed E-state index contributed by atoms with van der Waals surface area (Å²) in [6.45, 7) is 0. The molecule has 0 aliphatic rings. The fourth-order valence-electron chi connectivity index (χ4n) is 2.10. The molecular formula is C16H15N4O2S+. The number of hydrogen-bond acceptors (Lipinski definition) is 4. The molecule has 0 unspecified atom stereocenters. The number of nitrogens with one attached hydrogen (secondary N) is 1. The van der Waals surface area contributed by atoms with Crippen LogP contribution in [0.3, 0.4) is 0 Å². The minimum Gasteiger partial charge on any atom is -0.478 e. The second-order valence-corrected chi connectivity index (χ2v) is 5.82. The van der Waals surface area contributed by atoms with Crippen molar-refractivity contribution in [2.75, 3.05) is 5.84 Å². The van der Waals surface area contributed by atoms with Crippen molar-refractivity contribution in [2.24, 2.45) is 0 Å². The molecule has 2 aromatic carbocycles. The van der Waals surface area contributed by atoms with Crippen LogP contribution in [0.15, 0.2) is 59.8 Å². The highest BCUT2D eigenvalue weighted by atomic mass is 32.2. The van der Waals surface area contributed by atoms with Crippen LogP contribution in [-0.2, 0) is 5.75 Å². The minimum absolute atomic E-state index is 0.277. The number of H-pyrrole nitrogens is 1. The van der Waals surface area contributed by atoms with Gasteiger partial charge < -0.3 is 5.11 Å². The molecule has 0 fully saturated rings. The molecule has 0 amide bonds. The smallest absolute Gasteiger partial charge is 0.358 e. The molecule has 1 aromatic heterocycles. The molecular weight excluding hydrogens is 312 g/mol. The largest absolute Gasteiger partial charge is 0.478 e. The van der Waals surface area contributed by atoms with Gasteiger partial charge in [-0.2, -0.15) is 0 Å². The summed E-state index contributed by atoms with van der Waals surface area (Å²) >= 11 is 1.48. The zero-order valence-corrected chi connectivity index (χ0v) is 13.0. The summed E-state index contributed by atoms with van der Waals surface area (Å²) in [6, 6.07) is 16.5. The Balaban J connectivity index is 1.72. The van der Waals surface area contributed by atoms with E-state index in [0.717, 1.165) is 17.0 Å². The van der Waals surface area contributed by atoms with Crippen molar-refractivity contribution in [1.82, 2.24) is 10.2 Å². The normalized spacial score (nSPS) is 10.6. The number of nitrogen functional groups attached to an aromatic ring is 1. The first-order valence-corrected chi connectivity index (χ1v) is 7.89. The zero-order chi connectivity index (χ0) is 16.2. The molecule has 3 aromatic rings. The minimum atomic E-state index is -0.927. The maximum Gasteiger partial charge on any atom is 0.358 e. The standard InChI is InChI=1S/C16H14N4O2S/c17-20-14(12-4-2-1-3-5-12)18-19-16(20)23-10-11-6-8-13(9-7-11)15(21)22/h1-9H,10,17H2,(H,21,22)/p+1. The Morgan fingerprint density at radius 2 is 1.87 bits per heavy atom. The van der Waals surface area contributed by atoms with Crippen molar-refractivity contribution in [3.05, 3.63) is 65.7 Å². The average molecular weight is 327 g/mol. The van der Waals surface area contributed by atoms with E-state index in [0.29, 0.717) is 10.9 Å². The van der Waals surface area contributed by atoms with E-state index < -0.39 is 5.97 Å². The van der Waals surface area contributed by atoms with Crippen molar-refractivity contribution in [2.45, 2.75) is 10.9 Å². The Morgan fingerprint density at radius 1 is 1.17 bits per heavy atom. The average Bonchev–Trinajstić information content (AvgIpc) is 2.95. The lowest BCUT2D eigenvalue weighted by atomic mass is 10.1. The van der Waals surface area contributed by atoms with Gasteiger partial charge in [0.2, 0.25) is 0 Å². The van der Waals surface area contributed by atoms with Gasteiger partial charge in [0.05, 0.1) is 16.2 Å². The van der Waals surface area contributed by atoms with E-state index in [1.54, 1.807) is 24.3 Å². The van der Waals surface area contributed by atoms with Gasteiger partial charge >= 0.3 is 11.1 Å². The third kappa shape index (κ3) is 3.35. The van der Waals surface area contributed by atoms with E-state index in [-0.39, 0.29) is 5.56 Å². The van der Waals surface area contributed by atoms with E-state index in [9.17, 15) is 4.79 Å². The van der Waals surface area contributed by atoms with Gasteiger partial charge in [-0.3, -0.25) is 5.84 Å². The Labute approximate surface area is 136 Å². The van der Waals surface area contributed by atoms with Crippen LogP contribution >= 0.6 is 11.8 Å². The number of thioether (sulfide) groups is 1. The Bertz CT molecular complexity index is 816. The van der Waals surface area contributed by atoms with Gasteiger partial charge in [0.15, 0.2) is 0 Å². The van der Waals surface area contributed by atoms with Crippen LogP contribution in [0.2, 0.25) is 0 Å². The summed E-state index contributed by atoms with van der Waals surface area (Å²) in [5.74, 6) is 6.54. The van der Waals surface area contributed by atoms with Crippen molar-refractivity contribution < 1.29 is 14.6 Å². The number of aromatic nitrogens is 3. The maximum atomic E-state index is 10.8. The molecule has 7 heteroatoms. The summed E-state index contributed by atoms with van der Waals surface area (Å²) in [5, 5.41) is 16.7. The number of nitrogens with two attached hydrogens (primary N) is 1. The summed E-state index contributed by atoms with van der Waals surface area (Å²) in [5.41, 5.74) is 2.24. The predicted molar refractivity (Wildman–Crippen MR) is 87.3 cm³/mol. The second-order valence-electron chi connectivity index (χ2n) is 4.88. The number of carboxylic acids is 1. The van der Waals surface area contributed by atoms with Crippen LogP contribution in [0.1, 0.15) is 15.9 Å². The van der Waals surface area contributed by atoms with Gasteiger partial charge in [0, 0.05) is 5.75 Å². The predicted octanol–water partition coefficient (Wildman–Crippen LogP) is 2.07. The van der Waals surface area contributed by atoms with Gasteiger partial charge in [-0.25, -0.2) is 4.79 Å². The fourth-order valence-corrected chi connectivity index (χ4v) is 2.93. The summed E-state index contributed by atoms with van der Waals surface area (Å²) in [4.78, 5) is 10.8. The molecule has 1 heterocycles. The molecule has 0 aliphatic carbocycles. The van der Waals surface area contributed by atoms with Crippen LogP contribution in [0.5, 0.6) is 0 Å². The van der Waals surface area contributed by atoms with Crippen LogP contribution in [0.25, 0.3) is 11.4 Å². The Morgan fingerprint density at radius 3 is 2.52 bits per heavy atom. The number of rotatable bonds is 5. The molecule has 0 saturated carbocycles. The zero-order valence-electron chi connectivity index (χ0n) is 12.1. The number of aromatic carboxylic acids is 1. The SMILES string of the molecule is N[n+]1c(SCc2ccc(C(=O)O)cc2)n[nH]c1-c1ccccc1. The van der Waals surface area contributed by atoms with Gasteiger partial charge in [0.25, 0.3) is 5.82 Å². The molecule has 116 valence electrons. The van der Waals surface area contributed by atoms with Gasteiger partial charge in [0.1, 0.15) is 0 Å². The Hall–Kier alpha value is -2.80. The maximum absolute atomic E-state index is 10.8. The summed E-state index contributed by atoms with van der Waals surface area (Å²) in [6.07, 6.45) is 0. The third-order valence-electron chi connectivity index (χ3n) is 3.32. The van der Waals surface area contributed by atoms with E-state index >= 15 is 0 Å². The van der Waals surface area contributed by atoms with Crippen LogP contribution < -0.4 is 10.5 Å². The van der Waals surface area contributed by atoms with Crippen LogP contribution in [0.4, 0.5) is 0 Å². The number of carboxylic acid groups (broad SMARTS) is 1. The van der Waals surface area contributed by atoms with Gasteiger partial charge in [-0.1, -0.05) is 30.3 Å². The lowest BCUT2D eigenvalue weighted by Gasteiger charge is -2.00. The van der Waals surface area contributed by atoms with Crippen LogP contribution in [-0.4, -0.2) is 21.3 Å². The van der Waals surface area contributed by atoms with E-state index in [1.807, 2.05) is 30.3 Å². The number of carbonyl (C=O) groups is 1. The second kappa shape index (κ2) is 6.53. The van der Waals surface area contributed by atoms with Crippen molar-refractivity contribution in [1.29, 1.82) is 0 Å². The number of aromatic amines is 1. The number of hydrogen-bond donors (Lipinski definition) is 3. The molecule has 6 nitrogen and oxygen atoms in total. The quantitative estimate of drug-likeness (QED) is 0.379. The van der Waals surface area contributed by atoms with Crippen molar-refractivity contribution in [3.8, 4) is 11.4 Å². The third-order valence-corrected chi connectivity index (χ3v) is 4.34. The number of benzene rings is 2. The number of nitrogens with zero attached hydrogens (tertiary/aromatic N) is 2. The van der Waals surface area contributed by atoms with Gasteiger partial charge in [-0.05, 0) is 41.6 Å². The molecule has 0 spiro atoms. The Kier molecular flexibility index (Phi) is 4.29. The lowest BCUT2D eigenvalue weighted by Crippen LogP contribution is -2.46. The van der Waals surface area contributed by atoms with Crippen molar-refractivity contribution >= 4 is 17.7 Å². The first-order valence-electron chi connectivity index (χ1n) is 6.91. The van der Waals surface area contributed by atoms with E-state index in [1.165, 1.54) is 16.4 Å². The molecule has 0 radical (unpaired) electrons. The molecule has 4 N–H and O–H groups in total. The molecule has 23 heavy (non-hydrogen) atoms. The highest BCUT2D eigenvalue weighted by molar-refractivity contribution is 7.98. The topological polar surface area (TPSA) is 95.9 Å². The fraction of sp³-hybridized carbons (Fsp3) is 0.0625. The van der Waals surface area contributed by atoms with Crippen LogP contribution in [0, 0.1) is 0 Å². The molecule has 3 rings (SSSR count). The lowest BCUT2D eigenvalue weighted by molar-refractivity contribution is -0.666. The molecule has 0 aliphatic heterocycles. The molecule has 0 saturated heterocycles. The highest BCUT2D eigenvalue weighted by Gasteiger charge is 2.19. The van der Waals surface area contributed by atoms with E-state index in [4.69, 9.17) is 10.9 Å². The molecule has 0 atom stereocenters. The van der Waals surface area contributed by atoms with Crippen molar-refractivity contribution in [3.63, 3.8) is 0 Å². The molecule has 0 bridgehead atoms.